The van der Waals surface area contributed by atoms with Crippen molar-refractivity contribution in [1.29, 1.82) is 0 Å². The quantitative estimate of drug-likeness (QED) is 0.514. The van der Waals surface area contributed by atoms with Crippen LogP contribution in [0.2, 0.25) is 0 Å². The number of hydrogen-bond acceptors (Lipinski definition) is 6. The molecular formula is C23H22FN3O5. The molecule has 0 saturated carbocycles. The number of carbonyl (C=O) groups is 2. The van der Waals surface area contributed by atoms with E-state index in [1.807, 2.05) is 30.3 Å². The van der Waals surface area contributed by atoms with Crippen LogP contribution in [-0.2, 0) is 16.0 Å². The van der Waals surface area contributed by atoms with Gasteiger partial charge in [-0.05, 0) is 43.2 Å². The standard InChI is InChI=1S/C23H22FN3O5/c1-2-31-23(30)22-19(14-21(29)27(26-22)18-10-8-17(24)9-11-18)32-15-20(28)25-13-12-16-6-4-3-5-7-16/h3-11,14H,2,12-13,15H2,1H3,(H,25,28). The van der Waals surface area contributed by atoms with Crippen molar-refractivity contribution < 1.29 is 23.5 Å². The highest BCUT2D eigenvalue weighted by atomic mass is 19.1. The van der Waals surface area contributed by atoms with Gasteiger partial charge in [-0.25, -0.2) is 9.18 Å². The first-order valence-corrected chi connectivity index (χ1v) is 9.98. The number of amides is 1. The Kier molecular flexibility index (Phi) is 7.69. The van der Waals surface area contributed by atoms with Crippen molar-refractivity contribution in [3.63, 3.8) is 0 Å². The number of ether oxygens (including phenoxy) is 2. The van der Waals surface area contributed by atoms with Gasteiger partial charge < -0.3 is 14.8 Å². The van der Waals surface area contributed by atoms with E-state index >= 15 is 0 Å². The minimum Gasteiger partial charge on any atom is -0.481 e. The molecule has 0 spiro atoms. The molecule has 3 rings (SSSR count). The van der Waals surface area contributed by atoms with E-state index in [1.165, 1.54) is 12.1 Å². The number of nitrogens with one attached hydrogen (secondary N) is 1. The van der Waals surface area contributed by atoms with Crippen LogP contribution in [0, 0.1) is 5.82 Å². The fraction of sp³-hybridized carbons (Fsp3) is 0.217. The lowest BCUT2D eigenvalue weighted by Gasteiger charge is -2.12. The van der Waals surface area contributed by atoms with E-state index in [9.17, 15) is 18.8 Å². The molecule has 9 heteroatoms. The van der Waals surface area contributed by atoms with Crippen LogP contribution in [0.4, 0.5) is 4.39 Å². The van der Waals surface area contributed by atoms with Gasteiger partial charge in [0, 0.05) is 6.54 Å². The normalized spacial score (nSPS) is 10.4. The first-order valence-electron chi connectivity index (χ1n) is 9.98. The molecule has 1 N–H and O–H groups in total. The predicted molar refractivity (Wildman–Crippen MR) is 114 cm³/mol. The van der Waals surface area contributed by atoms with Crippen molar-refractivity contribution in [3.05, 3.63) is 88.1 Å². The number of halogens is 1. The molecule has 2 aromatic carbocycles. The lowest BCUT2D eigenvalue weighted by Crippen LogP contribution is -2.32. The molecule has 166 valence electrons. The largest absolute Gasteiger partial charge is 0.481 e. The highest BCUT2D eigenvalue weighted by molar-refractivity contribution is 5.90. The zero-order valence-electron chi connectivity index (χ0n) is 17.4. The summed E-state index contributed by atoms with van der Waals surface area (Å²) in [6, 6.07) is 15.7. The molecule has 8 nitrogen and oxygen atoms in total. The van der Waals surface area contributed by atoms with Gasteiger partial charge in [0.05, 0.1) is 18.4 Å². The number of aromatic nitrogens is 2. The van der Waals surface area contributed by atoms with Gasteiger partial charge in [-0.1, -0.05) is 30.3 Å². The third-order valence-corrected chi connectivity index (χ3v) is 4.37. The van der Waals surface area contributed by atoms with E-state index in [-0.39, 0.29) is 23.7 Å². The van der Waals surface area contributed by atoms with E-state index in [0.29, 0.717) is 13.0 Å². The first kappa shape index (κ1) is 22.7. The molecule has 0 aliphatic carbocycles. The summed E-state index contributed by atoms with van der Waals surface area (Å²) in [6.07, 6.45) is 0.649. The van der Waals surface area contributed by atoms with Crippen LogP contribution in [0.5, 0.6) is 5.75 Å². The van der Waals surface area contributed by atoms with Crippen molar-refractivity contribution in [1.82, 2.24) is 15.1 Å². The number of benzene rings is 2. The number of carbonyl (C=O) groups excluding carboxylic acids is 2. The molecule has 32 heavy (non-hydrogen) atoms. The Morgan fingerprint density at radius 2 is 1.81 bits per heavy atom. The van der Waals surface area contributed by atoms with Crippen LogP contribution in [0.1, 0.15) is 23.0 Å². The van der Waals surface area contributed by atoms with Gasteiger partial charge in [0.25, 0.3) is 11.5 Å². The lowest BCUT2D eigenvalue weighted by atomic mass is 10.1. The highest BCUT2D eigenvalue weighted by Gasteiger charge is 2.20. The van der Waals surface area contributed by atoms with Crippen LogP contribution in [0.3, 0.4) is 0 Å². The van der Waals surface area contributed by atoms with Gasteiger partial charge >= 0.3 is 5.97 Å². The summed E-state index contributed by atoms with van der Waals surface area (Å²) in [5.74, 6) is -1.89. The molecule has 0 bridgehead atoms. The first-order chi connectivity index (χ1) is 15.5. The number of esters is 1. The second kappa shape index (κ2) is 10.9. The topological polar surface area (TPSA) is 99.5 Å². The van der Waals surface area contributed by atoms with Crippen LogP contribution in [-0.4, -0.2) is 41.4 Å². The summed E-state index contributed by atoms with van der Waals surface area (Å²) in [5.41, 5.74) is 0.441. The Morgan fingerprint density at radius 1 is 1.09 bits per heavy atom. The number of rotatable bonds is 9. The maximum atomic E-state index is 13.2. The highest BCUT2D eigenvalue weighted by Crippen LogP contribution is 2.16. The van der Waals surface area contributed by atoms with E-state index < -0.39 is 29.9 Å². The molecule has 0 unspecified atom stereocenters. The summed E-state index contributed by atoms with van der Waals surface area (Å²) < 4.78 is 24.5. The van der Waals surface area contributed by atoms with Crippen LogP contribution >= 0.6 is 0 Å². The zero-order chi connectivity index (χ0) is 22.9. The molecule has 0 saturated heterocycles. The second-order valence-corrected chi connectivity index (χ2v) is 6.68. The van der Waals surface area contributed by atoms with Crippen molar-refractivity contribution in [2.75, 3.05) is 19.8 Å². The Bertz CT molecular complexity index is 1130. The fourth-order valence-corrected chi connectivity index (χ4v) is 2.84. The third kappa shape index (κ3) is 6.00. The van der Waals surface area contributed by atoms with Crippen LogP contribution < -0.4 is 15.6 Å². The average molecular weight is 439 g/mol. The Labute approximate surface area is 183 Å². The fourth-order valence-electron chi connectivity index (χ4n) is 2.84. The van der Waals surface area contributed by atoms with Gasteiger partial charge in [-0.15, -0.1) is 0 Å². The van der Waals surface area contributed by atoms with E-state index in [0.717, 1.165) is 28.4 Å². The molecule has 0 aliphatic heterocycles. The van der Waals surface area contributed by atoms with Crippen molar-refractivity contribution in [2.24, 2.45) is 0 Å². The molecule has 0 aliphatic rings. The zero-order valence-corrected chi connectivity index (χ0v) is 17.4. The molecular weight excluding hydrogens is 417 g/mol. The third-order valence-electron chi connectivity index (χ3n) is 4.37. The van der Waals surface area contributed by atoms with Crippen molar-refractivity contribution in [3.8, 4) is 11.4 Å². The van der Waals surface area contributed by atoms with Crippen LogP contribution in [0.25, 0.3) is 5.69 Å². The number of nitrogens with zero attached hydrogens (tertiary/aromatic N) is 2. The summed E-state index contributed by atoms with van der Waals surface area (Å²) in [6.45, 7) is 1.69. The second-order valence-electron chi connectivity index (χ2n) is 6.68. The van der Waals surface area contributed by atoms with Gasteiger partial charge in [0.2, 0.25) is 5.69 Å². The SMILES string of the molecule is CCOC(=O)c1nn(-c2ccc(F)cc2)c(=O)cc1OCC(=O)NCCc1ccccc1. The monoisotopic (exact) mass is 439 g/mol. The van der Waals surface area contributed by atoms with Gasteiger partial charge in [0.15, 0.2) is 12.4 Å². The Hall–Kier alpha value is -4.01. The van der Waals surface area contributed by atoms with E-state index in [2.05, 4.69) is 10.4 Å². The Morgan fingerprint density at radius 3 is 2.50 bits per heavy atom. The molecule has 0 fully saturated rings. The molecule has 1 aromatic heterocycles. The lowest BCUT2D eigenvalue weighted by molar-refractivity contribution is -0.123. The molecule has 0 atom stereocenters. The molecule has 1 heterocycles. The van der Waals surface area contributed by atoms with Gasteiger partial charge in [-0.2, -0.15) is 9.78 Å². The van der Waals surface area contributed by atoms with Gasteiger partial charge in [0.1, 0.15) is 5.82 Å². The minimum atomic E-state index is -0.817. The van der Waals surface area contributed by atoms with Gasteiger partial charge in [-0.3, -0.25) is 9.59 Å². The average Bonchev–Trinajstić information content (AvgIpc) is 2.79. The maximum Gasteiger partial charge on any atom is 0.362 e. The van der Waals surface area contributed by atoms with Crippen LogP contribution in [0.15, 0.2) is 65.5 Å². The summed E-state index contributed by atoms with van der Waals surface area (Å²) in [7, 11) is 0. The number of hydrogen-bond donors (Lipinski definition) is 1. The summed E-state index contributed by atoms with van der Waals surface area (Å²) in [4.78, 5) is 37.0. The molecule has 0 radical (unpaired) electrons. The summed E-state index contributed by atoms with van der Waals surface area (Å²) >= 11 is 0. The predicted octanol–water partition coefficient (Wildman–Crippen LogP) is 2.29. The van der Waals surface area contributed by atoms with E-state index in [1.54, 1.807) is 6.92 Å². The molecule has 3 aromatic rings. The smallest absolute Gasteiger partial charge is 0.362 e. The minimum absolute atomic E-state index is 0.0790. The van der Waals surface area contributed by atoms with Crippen molar-refractivity contribution in [2.45, 2.75) is 13.3 Å². The molecule has 1 amide bonds. The van der Waals surface area contributed by atoms with E-state index in [4.69, 9.17) is 9.47 Å². The van der Waals surface area contributed by atoms with Crippen molar-refractivity contribution >= 4 is 11.9 Å². The summed E-state index contributed by atoms with van der Waals surface area (Å²) in [5, 5.41) is 6.73. The maximum absolute atomic E-state index is 13.2. The Balaban J connectivity index is 1.72.